The molecule has 0 spiro atoms. The quantitative estimate of drug-likeness (QED) is 0.764. The Hall–Kier alpha value is -0.860. The molecular weight excluding hydrogens is 162 g/mol. The van der Waals surface area contributed by atoms with Gasteiger partial charge in [0, 0.05) is 13.2 Å². The maximum atomic E-state index is 5.72. The van der Waals surface area contributed by atoms with Crippen LogP contribution in [0.1, 0.15) is 18.1 Å². The molecule has 0 saturated heterocycles. The molecule has 13 heavy (non-hydrogen) atoms. The zero-order chi connectivity index (χ0) is 9.68. The minimum Gasteiger partial charge on any atom is -0.380 e. The Bertz CT molecular complexity index is 258. The van der Waals surface area contributed by atoms with Crippen molar-refractivity contribution in [3.8, 4) is 0 Å². The lowest BCUT2D eigenvalue weighted by atomic mass is 10.1. The van der Waals surface area contributed by atoms with Crippen molar-refractivity contribution in [2.75, 3.05) is 7.11 Å². The van der Waals surface area contributed by atoms with Crippen LogP contribution in [0.15, 0.2) is 24.3 Å². The van der Waals surface area contributed by atoms with Gasteiger partial charge in [-0.3, -0.25) is 0 Å². The third-order valence-electron chi connectivity index (χ3n) is 1.86. The second-order valence-electron chi connectivity index (χ2n) is 3.43. The van der Waals surface area contributed by atoms with E-state index in [9.17, 15) is 0 Å². The van der Waals surface area contributed by atoms with Gasteiger partial charge in [0.25, 0.3) is 0 Å². The van der Waals surface area contributed by atoms with E-state index >= 15 is 0 Å². The summed E-state index contributed by atoms with van der Waals surface area (Å²) in [5.74, 6) is 0. The Balaban J connectivity index is 2.67. The summed E-state index contributed by atoms with van der Waals surface area (Å²) in [6, 6.07) is 8.58. The molecule has 2 heteroatoms. The van der Waals surface area contributed by atoms with Crippen molar-refractivity contribution in [1.82, 2.24) is 0 Å². The van der Waals surface area contributed by atoms with Gasteiger partial charge in [0.05, 0.1) is 6.61 Å². The molecule has 0 aromatic heterocycles. The van der Waals surface area contributed by atoms with E-state index in [0.717, 1.165) is 6.42 Å². The molecule has 1 aromatic rings. The summed E-state index contributed by atoms with van der Waals surface area (Å²) in [6.07, 6.45) is 0.928. The van der Waals surface area contributed by atoms with Crippen LogP contribution in [0.5, 0.6) is 0 Å². The van der Waals surface area contributed by atoms with Crippen LogP contribution >= 0.6 is 0 Å². The van der Waals surface area contributed by atoms with Gasteiger partial charge in [0.1, 0.15) is 0 Å². The molecule has 1 atom stereocenters. The Kier molecular flexibility index (Phi) is 3.93. The maximum Gasteiger partial charge on any atom is 0.0713 e. The maximum absolute atomic E-state index is 5.72. The Morgan fingerprint density at radius 3 is 2.69 bits per heavy atom. The molecule has 0 radical (unpaired) electrons. The van der Waals surface area contributed by atoms with Crippen LogP contribution in [0, 0.1) is 0 Å². The molecule has 2 nitrogen and oxygen atoms in total. The zero-order valence-corrected chi connectivity index (χ0v) is 8.29. The summed E-state index contributed by atoms with van der Waals surface area (Å²) < 4.78 is 5.06. The minimum atomic E-state index is 0.220. The minimum absolute atomic E-state index is 0.220. The summed E-state index contributed by atoms with van der Waals surface area (Å²) in [7, 11) is 1.71. The molecule has 0 bridgehead atoms. The van der Waals surface area contributed by atoms with E-state index in [1.165, 1.54) is 11.1 Å². The predicted molar refractivity (Wildman–Crippen MR) is 54.5 cm³/mol. The van der Waals surface area contributed by atoms with Crippen molar-refractivity contribution < 1.29 is 4.74 Å². The number of benzene rings is 1. The molecule has 0 amide bonds. The van der Waals surface area contributed by atoms with Crippen molar-refractivity contribution in [2.24, 2.45) is 5.73 Å². The first kappa shape index (κ1) is 10.2. The van der Waals surface area contributed by atoms with Gasteiger partial charge < -0.3 is 10.5 Å². The van der Waals surface area contributed by atoms with Crippen molar-refractivity contribution in [3.05, 3.63) is 35.4 Å². The van der Waals surface area contributed by atoms with E-state index in [2.05, 4.69) is 18.2 Å². The van der Waals surface area contributed by atoms with Crippen molar-refractivity contribution in [1.29, 1.82) is 0 Å². The van der Waals surface area contributed by atoms with E-state index in [-0.39, 0.29) is 6.04 Å². The lowest BCUT2D eigenvalue weighted by Crippen LogP contribution is -2.17. The van der Waals surface area contributed by atoms with Crippen molar-refractivity contribution in [3.63, 3.8) is 0 Å². The van der Waals surface area contributed by atoms with E-state index in [1.54, 1.807) is 7.11 Å². The highest BCUT2D eigenvalue weighted by Gasteiger charge is 1.98. The number of methoxy groups -OCH3 is 1. The van der Waals surface area contributed by atoms with Crippen LogP contribution in [0.25, 0.3) is 0 Å². The van der Waals surface area contributed by atoms with Gasteiger partial charge in [0.15, 0.2) is 0 Å². The van der Waals surface area contributed by atoms with Gasteiger partial charge in [-0.1, -0.05) is 24.3 Å². The molecule has 0 fully saturated rings. The van der Waals surface area contributed by atoms with Gasteiger partial charge in [-0.15, -0.1) is 0 Å². The topological polar surface area (TPSA) is 35.2 Å². The Morgan fingerprint density at radius 2 is 2.08 bits per heavy atom. The molecule has 72 valence electrons. The molecule has 0 aliphatic heterocycles. The van der Waals surface area contributed by atoms with Gasteiger partial charge in [-0.25, -0.2) is 0 Å². The number of hydrogen-bond donors (Lipinski definition) is 1. The summed E-state index contributed by atoms with van der Waals surface area (Å²) in [6.45, 7) is 2.69. The lowest BCUT2D eigenvalue weighted by molar-refractivity contribution is 0.185. The summed E-state index contributed by atoms with van der Waals surface area (Å²) in [5, 5.41) is 0. The average molecular weight is 179 g/mol. The Labute approximate surface area is 79.7 Å². The fourth-order valence-electron chi connectivity index (χ4n) is 1.38. The van der Waals surface area contributed by atoms with Crippen LogP contribution in [0.3, 0.4) is 0 Å². The first-order valence-electron chi connectivity index (χ1n) is 4.54. The van der Waals surface area contributed by atoms with E-state index in [1.807, 2.05) is 13.0 Å². The van der Waals surface area contributed by atoms with Gasteiger partial charge >= 0.3 is 0 Å². The molecule has 2 N–H and O–H groups in total. The van der Waals surface area contributed by atoms with Crippen LogP contribution in [0.4, 0.5) is 0 Å². The monoisotopic (exact) mass is 179 g/mol. The fraction of sp³-hybridized carbons (Fsp3) is 0.455. The second-order valence-corrected chi connectivity index (χ2v) is 3.43. The van der Waals surface area contributed by atoms with Crippen LogP contribution in [0.2, 0.25) is 0 Å². The molecule has 1 unspecified atom stereocenters. The molecule has 1 rings (SSSR count). The first-order valence-corrected chi connectivity index (χ1v) is 4.54. The van der Waals surface area contributed by atoms with Gasteiger partial charge in [-0.05, 0) is 24.5 Å². The van der Waals surface area contributed by atoms with Crippen molar-refractivity contribution in [2.45, 2.75) is 26.0 Å². The van der Waals surface area contributed by atoms with Gasteiger partial charge in [0.2, 0.25) is 0 Å². The molecule has 0 aliphatic rings. The smallest absolute Gasteiger partial charge is 0.0713 e. The molecule has 0 heterocycles. The molecule has 0 saturated carbocycles. The molecule has 0 aliphatic carbocycles. The first-order chi connectivity index (χ1) is 6.22. The van der Waals surface area contributed by atoms with Gasteiger partial charge in [-0.2, -0.15) is 0 Å². The standard InChI is InChI=1S/C11H17NO/c1-9(12)6-10-4-3-5-11(7-10)8-13-2/h3-5,7,9H,6,8,12H2,1-2H3. The summed E-state index contributed by atoms with van der Waals surface area (Å²) in [5.41, 5.74) is 8.21. The average Bonchev–Trinajstić information content (AvgIpc) is 2.04. The predicted octanol–water partition coefficient (Wildman–Crippen LogP) is 1.72. The molecular formula is C11H17NO. The number of ether oxygens (including phenoxy) is 1. The third kappa shape index (κ3) is 3.57. The number of hydrogen-bond acceptors (Lipinski definition) is 2. The fourth-order valence-corrected chi connectivity index (χ4v) is 1.38. The highest BCUT2D eigenvalue weighted by atomic mass is 16.5. The third-order valence-corrected chi connectivity index (χ3v) is 1.86. The van der Waals surface area contributed by atoms with Crippen LogP contribution in [-0.2, 0) is 17.8 Å². The largest absolute Gasteiger partial charge is 0.380 e. The van der Waals surface area contributed by atoms with E-state index in [0.29, 0.717) is 6.61 Å². The van der Waals surface area contributed by atoms with Crippen LogP contribution < -0.4 is 5.73 Å². The Morgan fingerprint density at radius 1 is 1.38 bits per heavy atom. The highest BCUT2D eigenvalue weighted by molar-refractivity contribution is 5.23. The summed E-state index contributed by atoms with van der Waals surface area (Å²) in [4.78, 5) is 0. The zero-order valence-electron chi connectivity index (χ0n) is 8.29. The number of rotatable bonds is 4. The summed E-state index contributed by atoms with van der Waals surface area (Å²) >= 11 is 0. The molecule has 1 aromatic carbocycles. The highest BCUT2D eigenvalue weighted by Crippen LogP contribution is 2.07. The second kappa shape index (κ2) is 5.00. The number of nitrogens with two attached hydrogens (primary N) is 1. The van der Waals surface area contributed by atoms with Crippen molar-refractivity contribution >= 4 is 0 Å². The SMILES string of the molecule is COCc1cccc(CC(C)N)c1. The lowest BCUT2D eigenvalue weighted by Gasteiger charge is -2.06. The normalized spacial score (nSPS) is 12.8. The van der Waals surface area contributed by atoms with Crippen LogP contribution in [-0.4, -0.2) is 13.2 Å². The van der Waals surface area contributed by atoms with E-state index < -0.39 is 0 Å². The van der Waals surface area contributed by atoms with E-state index in [4.69, 9.17) is 10.5 Å².